The quantitative estimate of drug-likeness (QED) is 0.365. The summed E-state index contributed by atoms with van der Waals surface area (Å²) in [7, 11) is 0. The van der Waals surface area contributed by atoms with Crippen LogP contribution in [0.5, 0.6) is 0 Å². The van der Waals surface area contributed by atoms with E-state index in [0.29, 0.717) is 0 Å². The predicted molar refractivity (Wildman–Crippen MR) is 80.0 cm³/mol. The first-order valence-electron chi connectivity index (χ1n) is 7.09. The Morgan fingerprint density at radius 2 is 1.78 bits per heavy atom. The zero-order valence-electron chi connectivity index (χ0n) is 12.7. The standard InChI is InChI=1S/C14H20N2O7/c1-6-3-8(9(16(21)22)4-7(6)2)15-14-13(20)12(19)11(18)10(5-17)23-14/h3-4,10-15,17-20H,5H2,1-2H3/t10-,11+,12+,13-,14-/m1/s1. The van der Waals surface area contributed by atoms with Crippen LogP contribution >= 0.6 is 0 Å². The van der Waals surface area contributed by atoms with E-state index < -0.39 is 42.2 Å². The lowest BCUT2D eigenvalue weighted by Gasteiger charge is -2.40. The lowest BCUT2D eigenvalue weighted by molar-refractivity contribution is -0.384. The second-order valence-corrected chi connectivity index (χ2v) is 5.60. The van der Waals surface area contributed by atoms with E-state index in [-0.39, 0.29) is 11.4 Å². The number of nitro benzene ring substituents is 1. The van der Waals surface area contributed by atoms with Crippen molar-refractivity contribution in [3.8, 4) is 0 Å². The minimum absolute atomic E-state index is 0.113. The molecule has 1 aromatic carbocycles. The van der Waals surface area contributed by atoms with Crippen molar-refractivity contribution in [2.24, 2.45) is 0 Å². The van der Waals surface area contributed by atoms with Crippen LogP contribution in [0.4, 0.5) is 11.4 Å². The Morgan fingerprint density at radius 1 is 1.17 bits per heavy atom. The summed E-state index contributed by atoms with van der Waals surface area (Å²) in [6.45, 7) is 2.94. The summed E-state index contributed by atoms with van der Waals surface area (Å²) in [6, 6.07) is 2.93. The summed E-state index contributed by atoms with van der Waals surface area (Å²) < 4.78 is 5.30. The highest BCUT2D eigenvalue weighted by Gasteiger charge is 2.43. The average Bonchev–Trinajstić information content (AvgIpc) is 2.50. The Hall–Kier alpha value is -1.78. The summed E-state index contributed by atoms with van der Waals surface area (Å²) in [5.74, 6) is 0. The molecule has 1 aliphatic heterocycles. The second kappa shape index (κ2) is 6.77. The van der Waals surface area contributed by atoms with E-state index in [9.17, 15) is 25.4 Å². The summed E-state index contributed by atoms with van der Waals surface area (Å²) in [5, 5.41) is 52.5. The molecular formula is C14H20N2O7. The molecule has 5 atom stereocenters. The van der Waals surface area contributed by atoms with Gasteiger partial charge in [-0.1, -0.05) is 0 Å². The normalized spacial score (nSPS) is 31.0. The molecule has 0 saturated carbocycles. The molecule has 1 saturated heterocycles. The molecule has 2 rings (SSSR count). The van der Waals surface area contributed by atoms with Crippen LogP contribution in [-0.4, -0.2) is 62.6 Å². The van der Waals surface area contributed by atoms with Crippen LogP contribution in [0.3, 0.4) is 0 Å². The van der Waals surface area contributed by atoms with E-state index in [4.69, 9.17) is 9.84 Å². The van der Waals surface area contributed by atoms with E-state index in [1.54, 1.807) is 13.8 Å². The molecule has 9 heteroatoms. The minimum atomic E-state index is -1.55. The maximum atomic E-state index is 11.2. The molecule has 23 heavy (non-hydrogen) atoms. The van der Waals surface area contributed by atoms with Crippen molar-refractivity contribution >= 4 is 11.4 Å². The maximum Gasteiger partial charge on any atom is 0.292 e. The molecule has 0 aliphatic carbocycles. The number of ether oxygens (including phenoxy) is 1. The molecule has 0 radical (unpaired) electrons. The van der Waals surface area contributed by atoms with Crippen LogP contribution in [-0.2, 0) is 4.74 Å². The zero-order valence-corrected chi connectivity index (χ0v) is 12.7. The summed E-state index contributed by atoms with van der Waals surface area (Å²) in [5.41, 5.74) is 1.44. The molecule has 0 spiro atoms. The van der Waals surface area contributed by atoms with Gasteiger partial charge in [0.2, 0.25) is 0 Å². The van der Waals surface area contributed by atoms with Gasteiger partial charge in [-0.3, -0.25) is 10.1 Å². The largest absolute Gasteiger partial charge is 0.394 e. The molecule has 1 aliphatic rings. The number of nitrogens with zero attached hydrogens (tertiary/aromatic N) is 1. The fraction of sp³-hybridized carbons (Fsp3) is 0.571. The van der Waals surface area contributed by atoms with Crippen molar-refractivity contribution in [3.63, 3.8) is 0 Å². The van der Waals surface area contributed by atoms with Gasteiger partial charge in [-0.25, -0.2) is 0 Å². The van der Waals surface area contributed by atoms with Gasteiger partial charge in [0.25, 0.3) is 5.69 Å². The van der Waals surface area contributed by atoms with E-state index >= 15 is 0 Å². The van der Waals surface area contributed by atoms with Gasteiger partial charge in [-0.15, -0.1) is 0 Å². The predicted octanol–water partition coefficient (Wildman–Crippen LogP) is -0.577. The van der Waals surface area contributed by atoms with E-state index in [1.165, 1.54) is 12.1 Å². The highest BCUT2D eigenvalue weighted by atomic mass is 16.6. The van der Waals surface area contributed by atoms with Gasteiger partial charge in [0.05, 0.1) is 11.5 Å². The third-order valence-corrected chi connectivity index (χ3v) is 4.00. The molecule has 5 N–H and O–H groups in total. The lowest BCUT2D eigenvalue weighted by Crippen LogP contribution is -2.60. The fourth-order valence-electron chi connectivity index (χ4n) is 2.44. The first kappa shape index (κ1) is 17.6. The van der Waals surface area contributed by atoms with Crippen LogP contribution in [0, 0.1) is 24.0 Å². The van der Waals surface area contributed by atoms with Crippen LogP contribution in [0.1, 0.15) is 11.1 Å². The van der Waals surface area contributed by atoms with Crippen molar-refractivity contribution in [1.82, 2.24) is 0 Å². The Labute approximate surface area is 132 Å². The van der Waals surface area contributed by atoms with Crippen molar-refractivity contribution in [3.05, 3.63) is 33.4 Å². The van der Waals surface area contributed by atoms with Gasteiger partial charge < -0.3 is 30.5 Å². The highest BCUT2D eigenvalue weighted by Crippen LogP contribution is 2.31. The van der Waals surface area contributed by atoms with E-state index in [2.05, 4.69) is 5.32 Å². The first-order chi connectivity index (χ1) is 10.8. The minimum Gasteiger partial charge on any atom is -0.394 e. The number of rotatable bonds is 4. The number of hydrogen-bond acceptors (Lipinski definition) is 8. The van der Waals surface area contributed by atoms with Crippen molar-refractivity contribution in [2.45, 2.75) is 44.5 Å². The molecule has 9 nitrogen and oxygen atoms in total. The molecule has 1 aromatic rings. The van der Waals surface area contributed by atoms with E-state index in [0.717, 1.165) is 11.1 Å². The average molecular weight is 328 g/mol. The summed E-state index contributed by atoms with van der Waals surface area (Å²) in [4.78, 5) is 10.6. The van der Waals surface area contributed by atoms with Crippen molar-refractivity contribution < 1.29 is 30.1 Å². The third-order valence-electron chi connectivity index (χ3n) is 4.00. The number of anilines is 1. The second-order valence-electron chi connectivity index (χ2n) is 5.60. The van der Waals surface area contributed by atoms with Crippen molar-refractivity contribution in [1.29, 1.82) is 0 Å². The maximum absolute atomic E-state index is 11.2. The van der Waals surface area contributed by atoms with Gasteiger partial charge in [-0.2, -0.15) is 0 Å². The molecule has 1 heterocycles. The van der Waals surface area contributed by atoms with Crippen LogP contribution in [0.25, 0.3) is 0 Å². The molecular weight excluding hydrogens is 308 g/mol. The van der Waals surface area contributed by atoms with Gasteiger partial charge in [-0.05, 0) is 31.0 Å². The molecule has 0 bridgehead atoms. The zero-order chi connectivity index (χ0) is 17.3. The topological polar surface area (TPSA) is 145 Å². The van der Waals surface area contributed by atoms with Crippen molar-refractivity contribution in [2.75, 3.05) is 11.9 Å². The SMILES string of the molecule is Cc1cc(N[C@@H]2O[C@H](CO)[C@H](O)[C@H](O)[C@H]2O)c([N+](=O)[O-])cc1C. The number of aliphatic hydroxyl groups excluding tert-OH is 4. The number of aliphatic hydroxyl groups is 4. The fourth-order valence-corrected chi connectivity index (χ4v) is 2.44. The number of hydrogen-bond donors (Lipinski definition) is 5. The molecule has 0 amide bonds. The number of nitro groups is 1. The third kappa shape index (κ3) is 3.43. The molecule has 0 aromatic heterocycles. The van der Waals surface area contributed by atoms with Gasteiger partial charge in [0.1, 0.15) is 30.1 Å². The van der Waals surface area contributed by atoms with Crippen LogP contribution in [0.2, 0.25) is 0 Å². The van der Waals surface area contributed by atoms with Gasteiger partial charge >= 0.3 is 0 Å². The Morgan fingerprint density at radius 3 is 2.35 bits per heavy atom. The highest BCUT2D eigenvalue weighted by molar-refractivity contribution is 5.64. The molecule has 128 valence electrons. The van der Waals surface area contributed by atoms with Gasteiger partial charge in [0.15, 0.2) is 6.23 Å². The van der Waals surface area contributed by atoms with Crippen LogP contribution in [0.15, 0.2) is 12.1 Å². The summed E-state index contributed by atoms with van der Waals surface area (Å²) >= 11 is 0. The lowest BCUT2D eigenvalue weighted by atomic mass is 9.98. The van der Waals surface area contributed by atoms with E-state index in [1.807, 2.05) is 0 Å². The molecule has 0 unspecified atom stereocenters. The summed E-state index contributed by atoms with van der Waals surface area (Å²) in [6.07, 6.45) is -6.86. The monoisotopic (exact) mass is 328 g/mol. The van der Waals surface area contributed by atoms with Crippen LogP contribution < -0.4 is 5.32 Å². The Bertz CT molecular complexity index is 593. The Balaban J connectivity index is 2.30. The number of benzene rings is 1. The van der Waals surface area contributed by atoms with Gasteiger partial charge in [0, 0.05) is 6.07 Å². The smallest absolute Gasteiger partial charge is 0.292 e. The molecule has 1 fully saturated rings. The Kier molecular flexibility index (Phi) is 5.17. The number of nitrogens with one attached hydrogen (secondary N) is 1. The first-order valence-corrected chi connectivity index (χ1v) is 7.09. The number of aryl methyl sites for hydroxylation is 2.